The predicted octanol–water partition coefficient (Wildman–Crippen LogP) is 2.90. The third-order valence-corrected chi connectivity index (χ3v) is 3.10. The molecule has 1 aliphatic rings. The van der Waals surface area contributed by atoms with Crippen LogP contribution in [0.3, 0.4) is 0 Å². The Kier molecular flexibility index (Phi) is 3.29. The van der Waals surface area contributed by atoms with Crippen molar-refractivity contribution < 1.29 is 14.3 Å². The summed E-state index contributed by atoms with van der Waals surface area (Å²) in [6, 6.07) is 13.3. The maximum absolute atomic E-state index is 12.0. The van der Waals surface area contributed by atoms with Crippen LogP contribution < -0.4 is 14.8 Å². The Labute approximate surface area is 117 Å². The number of aryl methyl sites for hydroxylation is 1. The summed E-state index contributed by atoms with van der Waals surface area (Å²) >= 11 is 0. The lowest BCUT2D eigenvalue weighted by Crippen LogP contribution is -2.14. The second-order valence-corrected chi connectivity index (χ2v) is 4.78. The molecule has 2 aromatic rings. The fourth-order valence-corrected chi connectivity index (χ4v) is 2.19. The number of fused-ring (bicyclic) bond motifs is 1. The summed E-state index contributed by atoms with van der Waals surface area (Å²) < 4.78 is 10.5. The second kappa shape index (κ2) is 5.25. The van der Waals surface area contributed by atoms with Crippen molar-refractivity contribution in [2.45, 2.75) is 13.3 Å². The van der Waals surface area contributed by atoms with Crippen molar-refractivity contribution in [1.29, 1.82) is 0 Å². The lowest BCUT2D eigenvalue weighted by Gasteiger charge is -2.06. The molecule has 0 saturated carbocycles. The number of rotatable bonds is 3. The molecular formula is C16H15NO3. The number of anilines is 1. The topological polar surface area (TPSA) is 47.6 Å². The minimum absolute atomic E-state index is 0.0468. The van der Waals surface area contributed by atoms with Gasteiger partial charge in [-0.25, -0.2) is 0 Å². The Balaban J connectivity index is 1.67. The number of carbonyl (C=O) groups is 1. The summed E-state index contributed by atoms with van der Waals surface area (Å²) in [5.74, 6) is 1.33. The summed E-state index contributed by atoms with van der Waals surface area (Å²) in [5.41, 5.74) is 2.87. The molecule has 0 bridgehead atoms. The van der Waals surface area contributed by atoms with Crippen LogP contribution in [-0.4, -0.2) is 12.7 Å². The van der Waals surface area contributed by atoms with E-state index in [-0.39, 0.29) is 12.7 Å². The molecule has 2 aromatic carbocycles. The van der Waals surface area contributed by atoms with Crippen molar-refractivity contribution in [3.05, 3.63) is 53.6 Å². The van der Waals surface area contributed by atoms with E-state index >= 15 is 0 Å². The van der Waals surface area contributed by atoms with E-state index in [1.165, 1.54) is 0 Å². The van der Waals surface area contributed by atoms with Crippen molar-refractivity contribution in [3.63, 3.8) is 0 Å². The van der Waals surface area contributed by atoms with Crippen LogP contribution in [0.4, 0.5) is 5.69 Å². The summed E-state index contributed by atoms with van der Waals surface area (Å²) in [5, 5.41) is 2.87. The summed E-state index contributed by atoms with van der Waals surface area (Å²) in [7, 11) is 0. The number of carbonyl (C=O) groups excluding carboxylic acids is 1. The van der Waals surface area contributed by atoms with Crippen molar-refractivity contribution >= 4 is 11.6 Å². The number of benzene rings is 2. The van der Waals surface area contributed by atoms with E-state index in [1.54, 1.807) is 12.1 Å². The molecule has 1 amide bonds. The highest BCUT2D eigenvalue weighted by atomic mass is 16.7. The van der Waals surface area contributed by atoms with Crippen LogP contribution in [0.2, 0.25) is 0 Å². The van der Waals surface area contributed by atoms with Gasteiger partial charge in [0.05, 0.1) is 6.42 Å². The fraction of sp³-hybridized carbons (Fsp3) is 0.188. The van der Waals surface area contributed by atoms with Gasteiger partial charge < -0.3 is 14.8 Å². The molecule has 102 valence electrons. The Hall–Kier alpha value is -2.49. The number of hydrogen-bond donors (Lipinski definition) is 1. The minimum Gasteiger partial charge on any atom is -0.454 e. The van der Waals surface area contributed by atoms with E-state index in [4.69, 9.17) is 9.47 Å². The normalized spacial score (nSPS) is 12.2. The quantitative estimate of drug-likeness (QED) is 0.932. The molecule has 4 heteroatoms. The SMILES string of the molecule is Cc1cccc(CC(=O)Nc2ccc3c(c2)OCO3)c1. The van der Waals surface area contributed by atoms with Crippen LogP contribution >= 0.6 is 0 Å². The molecule has 1 aliphatic heterocycles. The van der Waals surface area contributed by atoms with Crippen molar-refractivity contribution in [2.24, 2.45) is 0 Å². The zero-order valence-electron chi connectivity index (χ0n) is 11.2. The molecule has 3 rings (SSSR count). The number of amides is 1. The van der Waals surface area contributed by atoms with Gasteiger partial charge >= 0.3 is 0 Å². The molecule has 20 heavy (non-hydrogen) atoms. The number of hydrogen-bond acceptors (Lipinski definition) is 3. The van der Waals surface area contributed by atoms with E-state index in [9.17, 15) is 4.79 Å². The van der Waals surface area contributed by atoms with Gasteiger partial charge in [-0.05, 0) is 24.6 Å². The molecule has 0 unspecified atom stereocenters. The lowest BCUT2D eigenvalue weighted by molar-refractivity contribution is -0.115. The molecule has 0 atom stereocenters. The third-order valence-electron chi connectivity index (χ3n) is 3.10. The monoisotopic (exact) mass is 269 g/mol. The maximum atomic E-state index is 12.0. The van der Waals surface area contributed by atoms with Crippen LogP contribution in [0.25, 0.3) is 0 Å². The summed E-state index contributed by atoms with van der Waals surface area (Å²) in [6.07, 6.45) is 0.357. The highest BCUT2D eigenvalue weighted by Crippen LogP contribution is 2.34. The molecule has 0 aromatic heterocycles. The molecular weight excluding hydrogens is 254 g/mol. The van der Waals surface area contributed by atoms with Gasteiger partial charge in [-0.3, -0.25) is 4.79 Å². The van der Waals surface area contributed by atoms with Gasteiger partial charge in [0.2, 0.25) is 12.7 Å². The zero-order chi connectivity index (χ0) is 13.9. The molecule has 4 nitrogen and oxygen atoms in total. The van der Waals surface area contributed by atoms with Crippen LogP contribution in [0.1, 0.15) is 11.1 Å². The smallest absolute Gasteiger partial charge is 0.231 e. The first-order chi connectivity index (χ1) is 9.70. The Bertz CT molecular complexity index is 652. The highest BCUT2D eigenvalue weighted by Gasteiger charge is 2.14. The van der Waals surface area contributed by atoms with Crippen LogP contribution in [0, 0.1) is 6.92 Å². The van der Waals surface area contributed by atoms with Crippen molar-refractivity contribution in [2.75, 3.05) is 12.1 Å². The van der Waals surface area contributed by atoms with E-state index in [1.807, 2.05) is 37.3 Å². The maximum Gasteiger partial charge on any atom is 0.231 e. The molecule has 0 fully saturated rings. The van der Waals surface area contributed by atoms with Gasteiger partial charge in [-0.2, -0.15) is 0 Å². The van der Waals surface area contributed by atoms with Crippen molar-refractivity contribution in [1.82, 2.24) is 0 Å². The van der Waals surface area contributed by atoms with E-state index < -0.39 is 0 Å². The predicted molar refractivity (Wildman–Crippen MR) is 76.1 cm³/mol. The molecule has 0 spiro atoms. The van der Waals surface area contributed by atoms with Gasteiger partial charge in [0.25, 0.3) is 0 Å². The summed E-state index contributed by atoms with van der Waals surface area (Å²) in [4.78, 5) is 12.0. The minimum atomic E-state index is -0.0468. The van der Waals surface area contributed by atoms with Gasteiger partial charge in [-0.15, -0.1) is 0 Å². The van der Waals surface area contributed by atoms with Gasteiger partial charge in [0.1, 0.15) is 0 Å². The average Bonchev–Trinajstić information content (AvgIpc) is 2.86. The van der Waals surface area contributed by atoms with Gasteiger partial charge in [-0.1, -0.05) is 29.8 Å². The first-order valence-corrected chi connectivity index (χ1v) is 6.46. The van der Waals surface area contributed by atoms with Crippen LogP contribution in [0.15, 0.2) is 42.5 Å². The zero-order valence-corrected chi connectivity index (χ0v) is 11.2. The number of ether oxygens (including phenoxy) is 2. The Morgan fingerprint density at radius 3 is 2.85 bits per heavy atom. The second-order valence-electron chi connectivity index (χ2n) is 4.78. The van der Waals surface area contributed by atoms with Gasteiger partial charge in [0, 0.05) is 11.8 Å². The van der Waals surface area contributed by atoms with E-state index in [0.717, 1.165) is 11.1 Å². The third kappa shape index (κ3) is 2.74. The van der Waals surface area contributed by atoms with Crippen LogP contribution in [0.5, 0.6) is 11.5 Å². The first kappa shape index (κ1) is 12.5. The molecule has 0 aliphatic carbocycles. The van der Waals surface area contributed by atoms with E-state index in [2.05, 4.69) is 5.32 Å². The fourth-order valence-electron chi connectivity index (χ4n) is 2.19. The van der Waals surface area contributed by atoms with Crippen LogP contribution in [-0.2, 0) is 11.2 Å². The standard InChI is InChI=1S/C16H15NO3/c1-11-3-2-4-12(7-11)8-16(18)17-13-5-6-14-15(9-13)20-10-19-14/h2-7,9H,8,10H2,1H3,(H,17,18). The molecule has 0 radical (unpaired) electrons. The molecule has 1 heterocycles. The lowest BCUT2D eigenvalue weighted by atomic mass is 10.1. The Morgan fingerprint density at radius 2 is 2.00 bits per heavy atom. The van der Waals surface area contributed by atoms with Gasteiger partial charge in [0.15, 0.2) is 11.5 Å². The molecule has 1 N–H and O–H groups in total. The molecule has 0 saturated heterocycles. The average molecular weight is 269 g/mol. The van der Waals surface area contributed by atoms with Crippen molar-refractivity contribution in [3.8, 4) is 11.5 Å². The number of nitrogens with one attached hydrogen (secondary N) is 1. The first-order valence-electron chi connectivity index (χ1n) is 6.46. The van der Waals surface area contributed by atoms with E-state index in [0.29, 0.717) is 23.6 Å². The summed E-state index contributed by atoms with van der Waals surface area (Å²) in [6.45, 7) is 2.25. The largest absolute Gasteiger partial charge is 0.454 e. The highest BCUT2D eigenvalue weighted by molar-refractivity contribution is 5.92. The Morgan fingerprint density at radius 1 is 1.15 bits per heavy atom.